The molecule has 32 heavy (non-hydrogen) atoms. The van der Waals surface area contributed by atoms with E-state index in [2.05, 4.69) is 48.4 Å². The molecule has 0 saturated carbocycles. The van der Waals surface area contributed by atoms with E-state index < -0.39 is 0 Å². The van der Waals surface area contributed by atoms with Crippen molar-refractivity contribution < 1.29 is 9.53 Å². The molecule has 1 heterocycles. The molecule has 3 rings (SSSR count). The van der Waals surface area contributed by atoms with Gasteiger partial charge in [-0.05, 0) is 48.2 Å². The third kappa shape index (κ3) is 6.40. The Morgan fingerprint density at radius 2 is 1.84 bits per heavy atom. The van der Waals surface area contributed by atoms with E-state index in [1.54, 1.807) is 18.2 Å². The molecule has 2 aromatic carbocycles. The van der Waals surface area contributed by atoms with Crippen LogP contribution in [0.25, 0.3) is 0 Å². The van der Waals surface area contributed by atoms with Crippen molar-refractivity contribution in [3.8, 4) is 5.75 Å². The Kier molecular flexibility index (Phi) is 8.09. The topological polar surface area (TPSA) is 69.0 Å². The van der Waals surface area contributed by atoms with Crippen molar-refractivity contribution in [2.24, 2.45) is 0 Å². The number of hydrogen-bond acceptors (Lipinski definition) is 5. The first kappa shape index (κ1) is 24.4. The summed E-state index contributed by atoms with van der Waals surface area (Å²) in [6.45, 7) is 9.50. The predicted octanol–water partition coefficient (Wildman–Crippen LogP) is 6.21. The van der Waals surface area contributed by atoms with Crippen molar-refractivity contribution in [1.82, 2.24) is 14.8 Å². The van der Waals surface area contributed by atoms with E-state index in [1.165, 1.54) is 17.3 Å². The molecule has 6 nitrogen and oxygen atoms in total. The fourth-order valence-corrected chi connectivity index (χ4v) is 4.23. The maximum atomic E-state index is 12.3. The number of hydrogen-bond donors (Lipinski definition) is 1. The molecule has 1 amide bonds. The third-order valence-corrected chi connectivity index (χ3v) is 6.25. The van der Waals surface area contributed by atoms with Crippen LogP contribution in [-0.2, 0) is 23.4 Å². The Morgan fingerprint density at radius 1 is 1.12 bits per heavy atom. The highest BCUT2D eigenvalue weighted by atomic mass is 35.5. The molecular formula is C23H26Cl2N4O2S. The summed E-state index contributed by atoms with van der Waals surface area (Å²) in [7, 11) is 0. The monoisotopic (exact) mass is 492 g/mol. The van der Waals surface area contributed by atoms with E-state index in [-0.39, 0.29) is 17.1 Å². The number of benzene rings is 2. The highest BCUT2D eigenvalue weighted by Gasteiger charge is 2.16. The number of rotatable bonds is 8. The molecule has 0 saturated heterocycles. The van der Waals surface area contributed by atoms with E-state index in [4.69, 9.17) is 27.9 Å². The fraction of sp³-hybridized carbons (Fsp3) is 0.348. The Balaban J connectivity index is 1.57. The van der Waals surface area contributed by atoms with Crippen LogP contribution >= 0.6 is 35.0 Å². The maximum Gasteiger partial charge on any atom is 0.234 e. The minimum absolute atomic E-state index is 0.0955. The maximum absolute atomic E-state index is 12.3. The van der Waals surface area contributed by atoms with Gasteiger partial charge in [0.15, 0.2) is 11.0 Å². The largest absolute Gasteiger partial charge is 0.486 e. The Labute approximate surface area is 202 Å². The second-order valence-corrected chi connectivity index (χ2v) is 9.95. The van der Waals surface area contributed by atoms with Crippen LogP contribution in [0.15, 0.2) is 47.6 Å². The van der Waals surface area contributed by atoms with Crippen LogP contribution in [0.3, 0.4) is 0 Å². The zero-order valence-corrected chi connectivity index (χ0v) is 20.8. The van der Waals surface area contributed by atoms with Gasteiger partial charge in [0.1, 0.15) is 12.4 Å². The highest BCUT2D eigenvalue weighted by molar-refractivity contribution is 7.99. The van der Waals surface area contributed by atoms with Gasteiger partial charge in [-0.3, -0.25) is 4.79 Å². The predicted molar refractivity (Wildman–Crippen MR) is 131 cm³/mol. The molecule has 0 spiro atoms. The molecular weight excluding hydrogens is 467 g/mol. The minimum atomic E-state index is -0.193. The molecule has 0 bridgehead atoms. The molecule has 0 radical (unpaired) electrons. The average Bonchev–Trinajstić information content (AvgIpc) is 3.14. The molecule has 0 unspecified atom stereocenters. The van der Waals surface area contributed by atoms with Gasteiger partial charge in [-0.1, -0.05) is 67.9 Å². The Morgan fingerprint density at radius 3 is 2.47 bits per heavy atom. The Hall–Kier alpha value is -2.22. The first-order valence-corrected chi connectivity index (χ1v) is 11.9. The highest BCUT2D eigenvalue weighted by Crippen LogP contribution is 2.27. The van der Waals surface area contributed by atoms with E-state index in [9.17, 15) is 4.79 Å². The molecule has 9 heteroatoms. The SMILES string of the molecule is CCn1c(COc2ccc(C(C)(C)C)cc2)nnc1SCC(=O)Nc1ccc(Cl)cc1Cl. The van der Waals surface area contributed by atoms with Gasteiger partial charge in [0, 0.05) is 11.6 Å². The van der Waals surface area contributed by atoms with Gasteiger partial charge < -0.3 is 14.6 Å². The van der Waals surface area contributed by atoms with E-state index in [0.717, 1.165) is 5.75 Å². The van der Waals surface area contributed by atoms with E-state index in [0.29, 0.717) is 39.9 Å². The average molecular weight is 493 g/mol. The molecule has 1 N–H and O–H groups in total. The lowest BCUT2D eigenvalue weighted by Gasteiger charge is -2.19. The van der Waals surface area contributed by atoms with Crippen molar-refractivity contribution in [2.75, 3.05) is 11.1 Å². The van der Waals surface area contributed by atoms with Gasteiger partial charge in [-0.25, -0.2) is 0 Å². The van der Waals surface area contributed by atoms with E-state index >= 15 is 0 Å². The minimum Gasteiger partial charge on any atom is -0.486 e. The second kappa shape index (κ2) is 10.6. The number of aromatic nitrogens is 3. The second-order valence-electron chi connectivity index (χ2n) is 8.17. The lowest BCUT2D eigenvalue weighted by Crippen LogP contribution is -2.15. The third-order valence-electron chi connectivity index (χ3n) is 4.74. The molecule has 0 aliphatic carbocycles. The first-order valence-electron chi connectivity index (χ1n) is 10.2. The number of thioether (sulfide) groups is 1. The zero-order valence-electron chi connectivity index (χ0n) is 18.5. The number of nitrogens with zero attached hydrogens (tertiary/aromatic N) is 3. The van der Waals surface area contributed by atoms with Crippen LogP contribution < -0.4 is 10.1 Å². The number of halogens is 2. The van der Waals surface area contributed by atoms with Crippen molar-refractivity contribution in [3.05, 3.63) is 63.9 Å². The summed E-state index contributed by atoms with van der Waals surface area (Å²) in [6.07, 6.45) is 0. The lowest BCUT2D eigenvalue weighted by molar-refractivity contribution is -0.113. The van der Waals surface area contributed by atoms with Crippen LogP contribution in [-0.4, -0.2) is 26.4 Å². The molecule has 3 aromatic rings. The summed E-state index contributed by atoms with van der Waals surface area (Å²) in [6, 6.07) is 13.0. The summed E-state index contributed by atoms with van der Waals surface area (Å²) in [5.41, 5.74) is 1.86. The summed E-state index contributed by atoms with van der Waals surface area (Å²) >= 11 is 13.3. The summed E-state index contributed by atoms with van der Waals surface area (Å²) in [4.78, 5) is 12.3. The van der Waals surface area contributed by atoms with Crippen LogP contribution in [0.5, 0.6) is 5.75 Å². The molecule has 0 aliphatic heterocycles. The standard InChI is InChI=1S/C23H26Cl2N4O2S/c1-5-29-20(13-31-17-9-6-15(7-10-17)23(2,3)4)27-28-22(29)32-14-21(30)26-19-11-8-16(24)12-18(19)25/h6-12H,5,13-14H2,1-4H3,(H,26,30). The van der Waals surface area contributed by atoms with Gasteiger partial charge in [0.25, 0.3) is 0 Å². The molecule has 0 atom stereocenters. The summed E-state index contributed by atoms with van der Waals surface area (Å²) < 4.78 is 7.85. The van der Waals surface area contributed by atoms with Crippen LogP contribution in [0.4, 0.5) is 5.69 Å². The van der Waals surface area contributed by atoms with Crippen LogP contribution in [0.2, 0.25) is 10.0 Å². The summed E-state index contributed by atoms with van der Waals surface area (Å²) in [5.74, 6) is 1.46. The smallest absolute Gasteiger partial charge is 0.234 e. The van der Waals surface area contributed by atoms with Crippen molar-refractivity contribution in [2.45, 2.75) is 51.4 Å². The van der Waals surface area contributed by atoms with Crippen molar-refractivity contribution in [1.29, 1.82) is 0 Å². The molecule has 0 aliphatic rings. The quantitative estimate of drug-likeness (QED) is 0.378. The number of anilines is 1. The van der Waals surface area contributed by atoms with Gasteiger partial charge >= 0.3 is 0 Å². The number of amides is 1. The number of ether oxygens (including phenoxy) is 1. The first-order chi connectivity index (χ1) is 15.2. The number of carbonyl (C=O) groups is 1. The summed E-state index contributed by atoms with van der Waals surface area (Å²) in [5, 5.41) is 12.8. The van der Waals surface area contributed by atoms with Gasteiger partial charge in [-0.2, -0.15) is 0 Å². The number of nitrogens with one attached hydrogen (secondary N) is 1. The van der Waals surface area contributed by atoms with Crippen molar-refractivity contribution >= 4 is 46.6 Å². The van der Waals surface area contributed by atoms with E-state index in [1.807, 2.05) is 23.6 Å². The molecule has 170 valence electrons. The Bertz CT molecular complexity index is 1080. The van der Waals surface area contributed by atoms with Crippen LogP contribution in [0, 0.1) is 0 Å². The zero-order chi connectivity index (χ0) is 23.3. The van der Waals surface area contributed by atoms with Gasteiger partial charge in [0.2, 0.25) is 5.91 Å². The van der Waals surface area contributed by atoms with Crippen LogP contribution in [0.1, 0.15) is 39.1 Å². The normalized spacial score (nSPS) is 11.4. The fourth-order valence-electron chi connectivity index (χ4n) is 2.96. The van der Waals surface area contributed by atoms with Gasteiger partial charge in [0.05, 0.1) is 16.5 Å². The molecule has 0 fully saturated rings. The lowest BCUT2D eigenvalue weighted by atomic mass is 9.87. The molecule has 1 aromatic heterocycles. The van der Waals surface area contributed by atoms with Crippen molar-refractivity contribution in [3.63, 3.8) is 0 Å². The van der Waals surface area contributed by atoms with Gasteiger partial charge in [-0.15, -0.1) is 10.2 Å². The number of carbonyl (C=O) groups excluding carboxylic acids is 1.